The van der Waals surface area contributed by atoms with E-state index in [4.69, 9.17) is 9.47 Å². The summed E-state index contributed by atoms with van der Waals surface area (Å²) in [5, 5.41) is 0. The minimum absolute atomic E-state index is 0.0481. The maximum Gasteiger partial charge on any atom is 0.311 e. The molecule has 0 fully saturated rings. The van der Waals surface area contributed by atoms with Crippen molar-refractivity contribution < 1.29 is 23.5 Å². The van der Waals surface area contributed by atoms with E-state index in [2.05, 4.69) is 89.6 Å². The van der Waals surface area contributed by atoms with E-state index in [9.17, 15) is 9.59 Å². The zero-order valence-corrected chi connectivity index (χ0v) is 25.4. The van der Waals surface area contributed by atoms with Crippen LogP contribution in [0.25, 0.3) is 0 Å². The Morgan fingerprint density at radius 1 is 0.686 bits per heavy atom. The van der Waals surface area contributed by atoms with E-state index in [1.165, 1.54) is 0 Å². The van der Waals surface area contributed by atoms with Crippen LogP contribution >= 0.6 is 0 Å². The normalized spacial score (nSPS) is 13.5. The molecule has 0 unspecified atom stereocenters. The van der Waals surface area contributed by atoms with Crippen molar-refractivity contribution in [2.75, 3.05) is 39.9 Å². The molecule has 0 spiro atoms. The summed E-state index contributed by atoms with van der Waals surface area (Å²) in [5.41, 5.74) is 0.289. The topological polar surface area (TPSA) is 52.6 Å². The summed E-state index contributed by atoms with van der Waals surface area (Å²) in [6.07, 6.45) is 6.95. The number of unbranched alkanes of at least 4 members (excludes halogenated alkanes) is 2. The molecule has 0 atom stereocenters. The molecule has 5 nitrogen and oxygen atoms in total. The minimum Gasteiger partial charge on any atom is -0.465 e. The summed E-state index contributed by atoms with van der Waals surface area (Å²) < 4.78 is 12.0. The van der Waals surface area contributed by atoms with Crippen molar-refractivity contribution in [3.63, 3.8) is 0 Å². The van der Waals surface area contributed by atoms with Crippen molar-refractivity contribution >= 4 is 11.9 Å². The van der Waals surface area contributed by atoms with Crippen LogP contribution in [0.4, 0.5) is 0 Å². The van der Waals surface area contributed by atoms with Crippen LogP contribution in [0.15, 0.2) is 0 Å². The number of nitrogens with zero attached hydrogens (tertiary/aromatic N) is 1. The lowest BCUT2D eigenvalue weighted by Gasteiger charge is -2.35. The maximum atomic E-state index is 12.6. The summed E-state index contributed by atoms with van der Waals surface area (Å²) in [5.74, 6) is -0.296. The Morgan fingerprint density at radius 3 is 1.37 bits per heavy atom. The van der Waals surface area contributed by atoms with Crippen molar-refractivity contribution in [2.24, 2.45) is 21.7 Å². The van der Waals surface area contributed by atoms with Gasteiger partial charge in [-0.15, -0.1) is 0 Å². The highest BCUT2D eigenvalue weighted by Gasteiger charge is 2.30. The zero-order valence-electron chi connectivity index (χ0n) is 25.4. The lowest BCUT2D eigenvalue weighted by molar-refractivity contribution is -0.908. The molecule has 0 aliphatic heterocycles. The van der Waals surface area contributed by atoms with Gasteiger partial charge in [-0.3, -0.25) is 9.59 Å². The van der Waals surface area contributed by atoms with Gasteiger partial charge in [-0.25, -0.2) is 0 Å². The molecule has 0 saturated carbocycles. The van der Waals surface area contributed by atoms with Gasteiger partial charge in [0.15, 0.2) is 0 Å². The first-order chi connectivity index (χ1) is 15.7. The smallest absolute Gasteiger partial charge is 0.311 e. The van der Waals surface area contributed by atoms with Gasteiger partial charge in [-0.2, -0.15) is 0 Å². The highest BCUT2D eigenvalue weighted by molar-refractivity contribution is 5.70. The largest absolute Gasteiger partial charge is 0.465 e. The number of ether oxygens (including phenoxy) is 2. The molecule has 0 aromatic rings. The SMILES string of the molecule is C[CH+]CCC[N+](C)(CCC(=O)OCC(C)(C)CC(C)(C)C)CCC(=O)OCC(C)(C)CC(C)(C)C. The number of esters is 2. The van der Waals surface area contributed by atoms with Crippen molar-refractivity contribution in [2.45, 2.75) is 115 Å². The lowest BCUT2D eigenvalue weighted by Crippen LogP contribution is -2.48. The average Bonchev–Trinajstić information content (AvgIpc) is 2.64. The van der Waals surface area contributed by atoms with Crippen LogP contribution in [-0.4, -0.2) is 56.3 Å². The Hall–Kier alpha value is -1.23. The number of hydrogen-bond acceptors (Lipinski definition) is 4. The van der Waals surface area contributed by atoms with E-state index < -0.39 is 0 Å². The quantitative estimate of drug-likeness (QED) is 0.0977. The van der Waals surface area contributed by atoms with Gasteiger partial charge in [0.1, 0.15) is 0 Å². The second kappa shape index (κ2) is 13.9. The number of rotatable bonds is 16. The Kier molecular flexibility index (Phi) is 13.4. The first-order valence-corrected chi connectivity index (χ1v) is 13.6. The van der Waals surface area contributed by atoms with Crippen LogP contribution in [0.1, 0.15) is 115 Å². The van der Waals surface area contributed by atoms with Crippen LogP contribution in [0, 0.1) is 28.1 Å². The predicted octanol–water partition coefficient (Wildman–Crippen LogP) is 7.23. The monoisotopic (exact) mass is 497 g/mol. The minimum atomic E-state index is -0.148. The Labute approximate surface area is 218 Å². The molecule has 0 radical (unpaired) electrons. The molecule has 0 rings (SSSR count). The fourth-order valence-corrected chi connectivity index (χ4v) is 5.40. The van der Waals surface area contributed by atoms with Crippen molar-refractivity contribution in [3.8, 4) is 0 Å². The van der Waals surface area contributed by atoms with E-state index in [1.54, 1.807) is 0 Å². The summed E-state index contributed by atoms with van der Waals surface area (Å²) in [7, 11) is 2.14. The molecule has 0 aliphatic rings. The van der Waals surface area contributed by atoms with Gasteiger partial charge in [0, 0.05) is 6.42 Å². The Balaban J connectivity index is 4.81. The standard InChI is InChI=1S/C30H59NO4/c1-13-14-15-18-31(12,19-16-25(32)34-23-29(8,9)21-27(2,3)4)20-17-26(33)35-24-30(10,11)22-28(5,6)7/h13H,14-24H2,1-12H3/q+2. The first kappa shape index (κ1) is 33.8. The third-order valence-corrected chi connectivity index (χ3v) is 6.17. The number of carbonyl (C=O) groups is 2. The van der Waals surface area contributed by atoms with Gasteiger partial charge in [-0.1, -0.05) is 69.2 Å². The van der Waals surface area contributed by atoms with Crippen LogP contribution < -0.4 is 0 Å². The van der Waals surface area contributed by atoms with Crippen molar-refractivity contribution in [3.05, 3.63) is 6.42 Å². The molecule has 0 aromatic carbocycles. The average molecular weight is 498 g/mol. The van der Waals surface area contributed by atoms with E-state index in [0.717, 1.165) is 32.2 Å². The number of quaternary nitrogens is 1. The van der Waals surface area contributed by atoms with E-state index >= 15 is 0 Å². The molecule has 206 valence electrons. The highest BCUT2D eigenvalue weighted by Crippen LogP contribution is 2.34. The van der Waals surface area contributed by atoms with E-state index in [0.29, 0.717) is 43.6 Å². The summed E-state index contributed by atoms with van der Waals surface area (Å²) >= 11 is 0. The molecule has 35 heavy (non-hydrogen) atoms. The molecular weight excluding hydrogens is 438 g/mol. The lowest BCUT2D eigenvalue weighted by atomic mass is 9.77. The molecule has 0 aromatic heterocycles. The molecule has 0 bridgehead atoms. The summed E-state index contributed by atoms with van der Waals surface area (Å²) in [6, 6.07) is 0. The van der Waals surface area contributed by atoms with Crippen molar-refractivity contribution in [1.29, 1.82) is 0 Å². The van der Waals surface area contributed by atoms with Crippen LogP contribution in [0.2, 0.25) is 0 Å². The van der Waals surface area contributed by atoms with Gasteiger partial charge >= 0.3 is 11.9 Å². The van der Waals surface area contributed by atoms with Crippen LogP contribution in [0.5, 0.6) is 0 Å². The molecule has 0 amide bonds. The van der Waals surface area contributed by atoms with Gasteiger partial charge < -0.3 is 14.0 Å². The van der Waals surface area contributed by atoms with E-state index in [-0.39, 0.29) is 33.6 Å². The van der Waals surface area contributed by atoms with Crippen molar-refractivity contribution in [1.82, 2.24) is 0 Å². The third-order valence-electron chi connectivity index (χ3n) is 6.17. The fourth-order valence-electron chi connectivity index (χ4n) is 5.40. The fraction of sp³-hybridized carbons (Fsp3) is 0.900. The van der Waals surface area contributed by atoms with E-state index in [1.807, 2.05) is 0 Å². The summed E-state index contributed by atoms with van der Waals surface area (Å²) in [6.45, 7) is 27.1. The Bertz CT molecular complexity index is 590. The molecule has 0 saturated heterocycles. The predicted molar refractivity (Wildman–Crippen MR) is 147 cm³/mol. The second-order valence-corrected chi connectivity index (χ2v) is 15.0. The zero-order chi connectivity index (χ0) is 27.6. The van der Waals surface area contributed by atoms with Gasteiger partial charge in [0.25, 0.3) is 0 Å². The number of carbonyl (C=O) groups excluding carboxylic acids is 2. The first-order valence-electron chi connectivity index (χ1n) is 13.6. The molecular formula is C30H59NO4+2. The van der Waals surface area contributed by atoms with Crippen LogP contribution in [0.3, 0.4) is 0 Å². The second-order valence-electron chi connectivity index (χ2n) is 15.0. The van der Waals surface area contributed by atoms with Gasteiger partial charge in [0.05, 0.1) is 72.5 Å². The third kappa shape index (κ3) is 18.7. The molecule has 0 N–H and O–H groups in total. The molecule has 0 aliphatic carbocycles. The highest BCUT2D eigenvalue weighted by atomic mass is 16.5. The summed E-state index contributed by atoms with van der Waals surface area (Å²) in [4.78, 5) is 25.1. The molecule has 0 heterocycles. The molecule has 5 heteroatoms. The van der Waals surface area contributed by atoms with Gasteiger partial charge in [-0.05, 0) is 34.5 Å². The van der Waals surface area contributed by atoms with Crippen LogP contribution in [-0.2, 0) is 19.1 Å². The Morgan fingerprint density at radius 2 is 1.06 bits per heavy atom. The number of hydrogen-bond donors (Lipinski definition) is 0. The van der Waals surface area contributed by atoms with Gasteiger partial charge in [0.2, 0.25) is 0 Å². The maximum absolute atomic E-state index is 12.6.